The lowest BCUT2D eigenvalue weighted by Gasteiger charge is -2.26. The Hall–Kier alpha value is -3.13. The summed E-state index contributed by atoms with van der Waals surface area (Å²) in [5.41, 5.74) is 1.19. The van der Waals surface area contributed by atoms with Gasteiger partial charge in [-0.1, -0.05) is 6.07 Å². The molecule has 0 aliphatic carbocycles. The first-order valence-electron chi connectivity index (χ1n) is 10.2. The van der Waals surface area contributed by atoms with Crippen molar-refractivity contribution in [2.75, 3.05) is 43.4 Å². The quantitative estimate of drug-likeness (QED) is 0.466. The molecule has 1 atom stereocenters. The van der Waals surface area contributed by atoms with Crippen LogP contribution in [0.2, 0.25) is 0 Å². The van der Waals surface area contributed by atoms with Crippen molar-refractivity contribution in [1.29, 1.82) is 0 Å². The van der Waals surface area contributed by atoms with E-state index in [1.54, 1.807) is 18.6 Å². The molecule has 0 unspecified atom stereocenters. The molecular weight excluding hydrogens is 382 g/mol. The number of hydrogen-bond donors (Lipinski definition) is 0. The van der Waals surface area contributed by atoms with Crippen LogP contribution < -0.4 is 19.3 Å². The Kier molecular flexibility index (Phi) is 6.44. The second-order valence-electron chi connectivity index (χ2n) is 7.31. The number of benzene rings is 1. The Morgan fingerprint density at radius 1 is 1.33 bits per heavy atom. The van der Waals surface area contributed by atoms with Crippen molar-refractivity contribution in [2.24, 2.45) is 4.99 Å². The van der Waals surface area contributed by atoms with Crippen molar-refractivity contribution in [3.05, 3.63) is 48.4 Å². The van der Waals surface area contributed by atoms with Crippen LogP contribution in [0.4, 0.5) is 11.8 Å². The first-order chi connectivity index (χ1) is 14.7. The third-order valence-corrected chi connectivity index (χ3v) is 5.29. The van der Waals surface area contributed by atoms with Gasteiger partial charge in [-0.2, -0.15) is 4.98 Å². The summed E-state index contributed by atoms with van der Waals surface area (Å²) < 4.78 is 16.8. The molecule has 1 aromatic carbocycles. The lowest BCUT2D eigenvalue weighted by molar-refractivity contribution is 0.124. The molecule has 0 amide bonds. The molecule has 1 saturated heterocycles. The van der Waals surface area contributed by atoms with E-state index in [4.69, 9.17) is 19.2 Å². The van der Waals surface area contributed by atoms with E-state index in [0.717, 1.165) is 43.1 Å². The maximum absolute atomic E-state index is 6.03. The third-order valence-electron chi connectivity index (χ3n) is 5.29. The van der Waals surface area contributed by atoms with Gasteiger partial charge in [-0.3, -0.25) is 4.99 Å². The Balaban J connectivity index is 1.30. The summed E-state index contributed by atoms with van der Waals surface area (Å²) in [5.74, 6) is 3.18. The van der Waals surface area contributed by atoms with E-state index < -0.39 is 0 Å². The van der Waals surface area contributed by atoms with Crippen molar-refractivity contribution < 1.29 is 14.2 Å². The fourth-order valence-electron chi connectivity index (χ4n) is 3.70. The summed E-state index contributed by atoms with van der Waals surface area (Å²) in [7, 11) is 1.89. The molecule has 0 radical (unpaired) electrons. The number of aliphatic imine (C=N–C) groups is 1. The molecule has 30 heavy (non-hydrogen) atoms. The van der Waals surface area contributed by atoms with Gasteiger partial charge in [0, 0.05) is 32.2 Å². The molecule has 158 valence electrons. The van der Waals surface area contributed by atoms with E-state index in [-0.39, 0.29) is 0 Å². The SMILES string of the molecule is C=N/C=C\N(C)c1nccc(N2CCC[C@@H]2COCCc2ccc3c(c2)OCO3)n1. The Morgan fingerprint density at radius 2 is 2.23 bits per heavy atom. The van der Waals surface area contributed by atoms with Gasteiger partial charge in [-0.05, 0) is 49.7 Å². The molecular formula is C22H27N5O3. The van der Waals surface area contributed by atoms with E-state index in [9.17, 15) is 0 Å². The molecule has 4 rings (SSSR count). The minimum atomic E-state index is 0.300. The predicted molar refractivity (Wildman–Crippen MR) is 117 cm³/mol. The summed E-state index contributed by atoms with van der Waals surface area (Å²) in [6, 6.07) is 8.33. The van der Waals surface area contributed by atoms with Gasteiger partial charge in [-0.25, -0.2) is 4.98 Å². The van der Waals surface area contributed by atoms with Crippen LogP contribution in [0.5, 0.6) is 11.5 Å². The van der Waals surface area contributed by atoms with Gasteiger partial charge < -0.3 is 24.0 Å². The topological polar surface area (TPSA) is 72.3 Å². The second-order valence-corrected chi connectivity index (χ2v) is 7.31. The van der Waals surface area contributed by atoms with Crippen LogP contribution in [0.25, 0.3) is 0 Å². The van der Waals surface area contributed by atoms with E-state index in [1.807, 2.05) is 30.1 Å². The maximum atomic E-state index is 6.03. The van der Waals surface area contributed by atoms with Crippen molar-refractivity contribution in [3.63, 3.8) is 0 Å². The Bertz CT molecular complexity index is 904. The molecule has 2 aliphatic heterocycles. The van der Waals surface area contributed by atoms with Crippen LogP contribution >= 0.6 is 0 Å². The van der Waals surface area contributed by atoms with Gasteiger partial charge >= 0.3 is 0 Å². The molecule has 1 fully saturated rings. The summed E-state index contributed by atoms with van der Waals surface area (Å²) in [4.78, 5) is 16.9. The van der Waals surface area contributed by atoms with Crippen LogP contribution in [-0.4, -0.2) is 56.3 Å². The minimum absolute atomic E-state index is 0.300. The molecule has 0 saturated carbocycles. The number of aromatic nitrogens is 2. The van der Waals surface area contributed by atoms with E-state index >= 15 is 0 Å². The highest BCUT2D eigenvalue weighted by molar-refractivity contribution is 5.47. The lowest BCUT2D eigenvalue weighted by atomic mass is 10.1. The zero-order valence-electron chi connectivity index (χ0n) is 17.2. The van der Waals surface area contributed by atoms with Gasteiger partial charge in [-0.15, -0.1) is 0 Å². The minimum Gasteiger partial charge on any atom is -0.454 e. The highest BCUT2D eigenvalue weighted by atomic mass is 16.7. The zero-order chi connectivity index (χ0) is 20.8. The van der Waals surface area contributed by atoms with Gasteiger partial charge in [0.25, 0.3) is 0 Å². The fourth-order valence-corrected chi connectivity index (χ4v) is 3.70. The van der Waals surface area contributed by atoms with E-state index in [0.29, 0.717) is 32.0 Å². The molecule has 3 heterocycles. The van der Waals surface area contributed by atoms with Crippen LogP contribution in [-0.2, 0) is 11.2 Å². The molecule has 0 spiro atoms. The normalized spacial score (nSPS) is 17.6. The average Bonchev–Trinajstić information content (AvgIpc) is 3.44. The molecule has 1 aromatic heterocycles. The van der Waals surface area contributed by atoms with Crippen LogP contribution in [0.3, 0.4) is 0 Å². The standard InChI is InChI=1S/C22H27N5O3/c1-23-10-12-26(2)22-24-9-7-21(25-22)27-11-3-4-18(27)15-28-13-8-17-5-6-19-20(14-17)30-16-29-19/h5-7,9-10,12,14,18H,1,3-4,8,11,13,15-16H2,2H3/b12-10-/t18-/m1/s1. The largest absolute Gasteiger partial charge is 0.454 e. The zero-order valence-corrected chi connectivity index (χ0v) is 17.2. The summed E-state index contributed by atoms with van der Waals surface area (Å²) in [6.45, 7) is 6.07. The van der Waals surface area contributed by atoms with Gasteiger partial charge in [0.15, 0.2) is 11.5 Å². The molecule has 0 N–H and O–H groups in total. The Labute approximate surface area is 176 Å². The maximum Gasteiger partial charge on any atom is 0.231 e. The number of fused-ring (bicyclic) bond motifs is 1. The van der Waals surface area contributed by atoms with E-state index in [1.165, 1.54) is 5.56 Å². The first-order valence-corrected chi connectivity index (χ1v) is 10.2. The highest BCUT2D eigenvalue weighted by Gasteiger charge is 2.26. The van der Waals surface area contributed by atoms with Crippen molar-refractivity contribution in [3.8, 4) is 11.5 Å². The summed E-state index contributed by atoms with van der Waals surface area (Å²) >= 11 is 0. The molecule has 8 heteroatoms. The van der Waals surface area contributed by atoms with Crippen molar-refractivity contribution >= 4 is 18.5 Å². The van der Waals surface area contributed by atoms with Crippen LogP contribution in [0.15, 0.2) is 47.9 Å². The molecule has 0 bridgehead atoms. The number of rotatable bonds is 9. The van der Waals surface area contributed by atoms with Crippen molar-refractivity contribution in [1.82, 2.24) is 9.97 Å². The van der Waals surface area contributed by atoms with Gasteiger partial charge in [0.1, 0.15) is 5.82 Å². The summed E-state index contributed by atoms with van der Waals surface area (Å²) in [6.07, 6.45) is 8.26. The smallest absolute Gasteiger partial charge is 0.231 e. The van der Waals surface area contributed by atoms with Crippen LogP contribution in [0, 0.1) is 0 Å². The van der Waals surface area contributed by atoms with Crippen molar-refractivity contribution in [2.45, 2.75) is 25.3 Å². The van der Waals surface area contributed by atoms with Gasteiger partial charge in [0.2, 0.25) is 12.7 Å². The summed E-state index contributed by atoms with van der Waals surface area (Å²) in [5, 5.41) is 0. The fraction of sp³-hybridized carbons (Fsp3) is 0.409. The molecule has 2 aromatic rings. The van der Waals surface area contributed by atoms with Crippen LogP contribution in [0.1, 0.15) is 18.4 Å². The number of ether oxygens (including phenoxy) is 3. The lowest BCUT2D eigenvalue weighted by Crippen LogP contribution is -2.34. The number of hydrogen-bond acceptors (Lipinski definition) is 8. The molecule has 8 nitrogen and oxygen atoms in total. The van der Waals surface area contributed by atoms with Gasteiger partial charge in [0.05, 0.1) is 19.3 Å². The highest BCUT2D eigenvalue weighted by Crippen LogP contribution is 2.32. The predicted octanol–water partition coefficient (Wildman–Crippen LogP) is 3.04. The average molecular weight is 409 g/mol. The first kappa shape index (κ1) is 20.2. The monoisotopic (exact) mass is 409 g/mol. The third kappa shape index (κ3) is 4.71. The van der Waals surface area contributed by atoms with E-state index in [2.05, 4.69) is 27.7 Å². The molecule has 2 aliphatic rings. The second kappa shape index (κ2) is 9.58. The number of nitrogens with zero attached hydrogens (tertiary/aromatic N) is 5. The Morgan fingerprint density at radius 3 is 3.13 bits per heavy atom. The number of anilines is 2.